The van der Waals surface area contributed by atoms with E-state index in [1.165, 1.54) is 12.8 Å². The average Bonchev–Trinajstić information content (AvgIpc) is 2.29. The number of hydrogen-bond acceptors (Lipinski definition) is 2. The van der Waals surface area contributed by atoms with Crippen LogP contribution >= 0.6 is 15.9 Å². The van der Waals surface area contributed by atoms with Crippen molar-refractivity contribution in [2.75, 3.05) is 7.11 Å². The average molecular weight is 287 g/mol. The Kier molecular flexibility index (Phi) is 5.85. The van der Waals surface area contributed by atoms with Crippen LogP contribution in [0.3, 0.4) is 0 Å². The summed E-state index contributed by atoms with van der Waals surface area (Å²) in [4.78, 5) is 0. The Morgan fingerprint density at radius 1 is 1.38 bits per heavy atom. The van der Waals surface area contributed by atoms with E-state index < -0.39 is 0 Å². The fourth-order valence-electron chi connectivity index (χ4n) is 1.64. The Morgan fingerprint density at radius 3 is 2.69 bits per heavy atom. The maximum absolute atomic E-state index is 9.97. The molecule has 0 aliphatic heterocycles. The van der Waals surface area contributed by atoms with Gasteiger partial charge in [-0.25, -0.2) is 0 Å². The number of methoxy groups -OCH3 is 1. The smallest absolute Gasteiger partial charge is 0.133 e. The van der Waals surface area contributed by atoms with Crippen LogP contribution < -0.4 is 4.74 Å². The number of benzene rings is 1. The van der Waals surface area contributed by atoms with Gasteiger partial charge in [-0.1, -0.05) is 32.3 Å². The van der Waals surface area contributed by atoms with Crippen molar-refractivity contribution in [2.24, 2.45) is 0 Å². The zero-order valence-corrected chi connectivity index (χ0v) is 11.5. The SMILES string of the molecule is CCCCCC(O)c1ccc(OC)c(Br)c1. The zero-order valence-electron chi connectivity index (χ0n) is 9.87. The summed E-state index contributed by atoms with van der Waals surface area (Å²) in [6.45, 7) is 2.16. The highest BCUT2D eigenvalue weighted by molar-refractivity contribution is 9.10. The van der Waals surface area contributed by atoms with Crippen molar-refractivity contribution < 1.29 is 9.84 Å². The molecule has 0 aliphatic carbocycles. The van der Waals surface area contributed by atoms with Gasteiger partial charge in [-0.2, -0.15) is 0 Å². The standard InChI is InChI=1S/C13H19BrO2/c1-3-4-5-6-12(15)10-7-8-13(16-2)11(14)9-10/h7-9,12,15H,3-6H2,1-2H3. The van der Waals surface area contributed by atoms with Crippen LogP contribution in [0.15, 0.2) is 22.7 Å². The van der Waals surface area contributed by atoms with Gasteiger partial charge in [0.25, 0.3) is 0 Å². The second-order valence-corrected chi connectivity index (χ2v) is 4.76. The molecule has 0 saturated carbocycles. The van der Waals surface area contributed by atoms with Crippen molar-refractivity contribution in [3.63, 3.8) is 0 Å². The predicted molar refractivity (Wildman–Crippen MR) is 69.8 cm³/mol. The Morgan fingerprint density at radius 2 is 2.12 bits per heavy atom. The molecular formula is C13H19BrO2. The third-order valence-electron chi connectivity index (χ3n) is 2.64. The molecule has 16 heavy (non-hydrogen) atoms. The van der Waals surface area contributed by atoms with Crippen LogP contribution in [0, 0.1) is 0 Å². The lowest BCUT2D eigenvalue weighted by Gasteiger charge is -2.12. The van der Waals surface area contributed by atoms with E-state index in [1.54, 1.807) is 7.11 Å². The van der Waals surface area contributed by atoms with Crippen LogP contribution in [0.4, 0.5) is 0 Å². The van der Waals surface area contributed by atoms with Crippen LogP contribution in [-0.4, -0.2) is 12.2 Å². The van der Waals surface area contributed by atoms with Gasteiger partial charge < -0.3 is 9.84 Å². The highest BCUT2D eigenvalue weighted by atomic mass is 79.9. The largest absolute Gasteiger partial charge is 0.496 e. The van der Waals surface area contributed by atoms with E-state index >= 15 is 0 Å². The summed E-state index contributed by atoms with van der Waals surface area (Å²) in [5.74, 6) is 0.796. The molecule has 1 N–H and O–H groups in total. The quantitative estimate of drug-likeness (QED) is 0.799. The molecule has 0 bridgehead atoms. The molecule has 1 unspecified atom stereocenters. The number of rotatable bonds is 6. The molecular weight excluding hydrogens is 268 g/mol. The molecule has 0 spiro atoms. The monoisotopic (exact) mass is 286 g/mol. The van der Waals surface area contributed by atoms with Crippen LogP contribution in [0.5, 0.6) is 5.75 Å². The van der Waals surface area contributed by atoms with E-state index in [2.05, 4.69) is 22.9 Å². The second kappa shape index (κ2) is 6.92. The van der Waals surface area contributed by atoms with E-state index in [-0.39, 0.29) is 6.10 Å². The van der Waals surface area contributed by atoms with Crippen molar-refractivity contribution >= 4 is 15.9 Å². The molecule has 3 heteroatoms. The van der Waals surface area contributed by atoms with Gasteiger partial charge >= 0.3 is 0 Å². The topological polar surface area (TPSA) is 29.5 Å². The molecule has 90 valence electrons. The third-order valence-corrected chi connectivity index (χ3v) is 3.26. The van der Waals surface area contributed by atoms with Crippen LogP contribution in [-0.2, 0) is 0 Å². The number of halogens is 1. The van der Waals surface area contributed by atoms with Crippen LogP contribution in [0.2, 0.25) is 0 Å². The predicted octanol–water partition coefficient (Wildman–Crippen LogP) is 4.07. The van der Waals surface area contributed by atoms with E-state index in [0.29, 0.717) is 0 Å². The lowest BCUT2D eigenvalue weighted by molar-refractivity contribution is 0.163. The lowest BCUT2D eigenvalue weighted by Crippen LogP contribution is -1.98. The minimum absolute atomic E-state index is 0.367. The van der Waals surface area contributed by atoms with E-state index in [1.807, 2.05) is 18.2 Å². The molecule has 0 aliphatic rings. The first-order chi connectivity index (χ1) is 7.69. The fraction of sp³-hybridized carbons (Fsp3) is 0.538. The highest BCUT2D eigenvalue weighted by Gasteiger charge is 2.09. The molecule has 0 heterocycles. The molecule has 0 radical (unpaired) electrons. The molecule has 2 nitrogen and oxygen atoms in total. The normalized spacial score (nSPS) is 12.5. The Balaban J connectivity index is 2.62. The summed E-state index contributed by atoms with van der Waals surface area (Å²) >= 11 is 3.42. The molecule has 1 aromatic carbocycles. The number of aliphatic hydroxyl groups excluding tert-OH is 1. The van der Waals surface area contributed by atoms with Gasteiger partial charge in [-0.15, -0.1) is 0 Å². The summed E-state index contributed by atoms with van der Waals surface area (Å²) in [5, 5.41) is 9.97. The number of unbranched alkanes of at least 4 members (excludes halogenated alkanes) is 2. The van der Waals surface area contributed by atoms with Crippen LogP contribution in [0.1, 0.15) is 44.3 Å². The maximum atomic E-state index is 9.97. The third kappa shape index (κ3) is 3.80. The van der Waals surface area contributed by atoms with Gasteiger partial charge in [0, 0.05) is 0 Å². The number of aliphatic hydroxyl groups is 1. The summed E-state index contributed by atoms with van der Waals surface area (Å²) in [6, 6.07) is 5.72. The minimum Gasteiger partial charge on any atom is -0.496 e. The zero-order chi connectivity index (χ0) is 12.0. The van der Waals surface area contributed by atoms with Gasteiger partial charge in [-0.05, 0) is 40.0 Å². The Bertz CT molecular complexity index is 326. The van der Waals surface area contributed by atoms with Gasteiger partial charge in [-0.3, -0.25) is 0 Å². The molecule has 0 aromatic heterocycles. The molecule has 1 atom stereocenters. The van der Waals surface area contributed by atoms with E-state index in [9.17, 15) is 5.11 Å². The van der Waals surface area contributed by atoms with Crippen molar-refractivity contribution in [2.45, 2.75) is 38.7 Å². The summed E-state index contributed by atoms with van der Waals surface area (Å²) in [7, 11) is 1.64. The summed E-state index contributed by atoms with van der Waals surface area (Å²) < 4.78 is 6.04. The van der Waals surface area contributed by atoms with Crippen molar-refractivity contribution in [1.82, 2.24) is 0 Å². The second-order valence-electron chi connectivity index (χ2n) is 3.91. The van der Waals surface area contributed by atoms with Crippen molar-refractivity contribution in [3.8, 4) is 5.75 Å². The molecule has 0 saturated heterocycles. The summed E-state index contributed by atoms with van der Waals surface area (Å²) in [6.07, 6.45) is 3.88. The summed E-state index contributed by atoms with van der Waals surface area (Å²) in [5.41, 5.74) is 0.948. The lowest BCUT2D eigenvalue weighted by atomic mass is 10.0. The van der Waals surface area contributed by atoms with E-state index in [0.717, 1.165) is 28.6 Å². The minimum atomic E-state index is -0.367. The number of ether oxygens (including phenoxy) is 1. The van der Waals surface area contributed by atoms with Crippen molar-refractivity contribution in [3.05, 3.63) is 28.2 Å². The van der Waals surface area contributed by atoms with Crippen molar-refractivity contribution in [1.29, 1.82) is 0 Å². The van der Waals surface area contributed by atoms with E-state index in [4.69, 9.17) is 4.74 Å². The highest BCUT2D eigenvalue weighted by Crippen LogP contribution is 2.29. The molecule has 0 amide bonds. The first kappa shape index (κ1) is 13.5. The fourth-order valence-corrected chi connectivity index (χ4v) is 2.20. The Hall–Kier alpha value is -0.540. The first-order valence-corrected chi connectivity index (χ1v) is 6.49. The van der Waals surface area contributed by atoms with Gasteiger partial charge in [0.05, 0.1) is 17.7 Å². The van der Waals surface area contributed by atoms with Crippen LogP contribution in [0.25, 0.3) is 0 Å². The van der Waals surface area contributed by atoms with Gasteiger partial charge in [0.2, 0.25) is 0 Å². The first-order valence-electron chi connectivity index (χ1n) is 5.70. The maximum Gasteiger partial charge on any atom is 0.133 e. The number of hydrogen-bond donors (Lipinski definition) is 1. The molecule has 1 aromatic rings. The molecule has 0 fully saturated rings. The van der Waals surface area contributed by atoms with Gasteiger partial charge in [0.15, 0.2) is 0 Å². The van der Waals surface area contributed by atoms with Gasteiger partial charge in [0.1, 0.15) is 5.75 Å². The Labute approximate surface area is 106 Å². The molecule has 1 rings (SSSR count).